The van der Waals surface area contributed by atoms with E-state index in [2.05, 4.69) is 45.6 Å². The number of methoxy groups -OCH3 is 1. The molecule has 1 atom stereocenters. The summed E-state index contributed by atoms with van der Waals surface area (Å²) in [6.45, 7) is 11.9. The maximum atomic E-state index is 14.4. The van der Waals surface area contributed by atoms with Crippen LogP contribution in [0.2, 0.25) is 0 Å². The summed E-state index contributed by atoms with van der Waals surface area (Å²) < 4.78 is 73.6. The molecule has 2 N–H and O–H groups in total. The molecule has 1 aliphatic heterocycles. The van der Waals surface area contributed by atoms with E-state index >= 15 is 0 Å². The number of aromatic nitrogens is 3. The van der Waals surface area contributed by atoms with Crippen molar-refractivity contribution in [2.75, 3.05) is 66.8 Å². The molecule has 0 bridgehead atoms. The normalized spacial score (nSPS) is 14.6. The standard InChI is InChI=1S/C38H43F2N7O4S3/c1-24-21-30(32(51-5)23-31(24)47-17-15-46(16-18-47)19-20-54(6,49)50)43-37-41-14-13-29(42-37)34-33(44-36(52-34)38(2,3)4)25-9-7-10-26(22-25)45-53(48)35-27(39)11-8-12-28(35)40/h7-14,21-23,45H,15-20H2,1-6H3,(H,41,42,43). The summed E-state index contributed by atoms with van der Waals surface area (Å²) in [5.41, 5.74) is 4.87. The van der Waals surface area contributed by atoms with Crippen molar-refractivity contribution in [2.45, 2.75) is 38.0 Å². The van der Waals surface area contributed by atoms with Crippen LogP contribution >= 0.6 is 11.3 Å². The Kier molecular flexibility index (Phi) is 11.7. The van der Waals surface area contributed by atoms with Gasteiger partial charge in [-0.05, 0) is 48.9 Å². The number of anilines is 4. The fourth-order valence-electron chi connectivity index (χ4n) is 6.02. The van der Waals surface area contributed by atoms with Crippen molar-refractivity contribution in [3.8, 4) is 27.6 Å². The van der Waals surface area contributed by atoms with E-state index in [1.807, 2.05) is 31.2 Å². The van der Waals surface area contributed by atoms with Crippen molar-refractivity contribution in [3.63, 3.8) is 0 Å². The summed E-state index contributed by atoms with van der Waals surface area (Å²) in [7, 11) is -3.59. The predicted octanol–water partition coefficient (Wildman–Crippen LogP) is 7.20. The summed E-state index contributed by atoms with van der Waals surface area (Å²) in [6, 6.07) is 16.2. The number of hydrogen-bond donors (Lipinski definition) is 2. The van der Waals surface area contributed by atoms with Crippen LogP contribution in [0.15, 0.2) is 71.8 Å². The Bertz CT molecular complexity index is 2270. The lowest BCUT2D eigenvalue weighted by Gasteiger charge is -2.37. The summed E-state index contributed by atoms with van der Waals surface area (Å²) >= 11 is 1.51. The van der Waals surface area contributed by atoms with Gasteiger partial charge in [0, 0.05) is 73.6 Å². The Morgan fingerprint density at radius 3 is 2.35 bits per heavy atom. The number of halogens is 2. The highest BCUT2D eigenvalue weighted by Crippen LogP contribution is 2.41. The topological polar surface area (TPSA) is 130 Å². The second-order valence-corrected chi connectivity index (χ2v) is 18.5. The number of piperazine rings is 1. The predicted molar refractivity (Wildman–Crippen MR) is 213 cm³/mol. The summed E-state index contributed by atoms with van der Waals surface area (Å²) in [4.78, 5) is 19.1. The highest BCUT2D eigenvalue weighted by molar-refractivity contribution is 7.90. The highest BCUT2D eigenvalue weighted by atomic mass is 32.2. The molecule has 0 aliphatic carbocycles. The van der Waals surface area contributed by atoms with Crippen LogP contribution in [0.3, 0.4) is 0 Å². The molecule has 1 unspecified atom stereocenters. The van der Waals surface area contributed by atoms with E-state index in [4.69, 9.17) is 14.7 Å². The summed E-state index contributed by atoms with van der Waals surface area (Å²) in [6.07, 6.45) is 2.94. The first-order chi connectivity index (χ1) is 25.6. The molecule has 3 heterocycles. The Balaban J connectivity index is 1.26. The van der Waals surface area contributed by atoms with E-state index < -0.39 is 37.4 Å². The van der Waals surface area contributed by atoms with Gasteiger partial charge in [-0.15, -0.1) is 11.3 Å². The van der Waals surface area contributed by atoms with Crippen LogP contribution < -0.4 is 19.7 Å². The van der Waals surface area contributed by atoms with E-state index in [0.29, 0.717) is 46.6 Å². The minimum atomic E-state index is -3.01. The van der Waals surface area contributed by atoms with Gasteiger partial charge in [-0.25, -0.2) is 36.4 Å². The van der Waals surface area contributed by atoms with Crippen molar-refractivity contribution in [1.82, 2.24) is 19.9 Å². The first-order valence-corrected chi connectivity index (χ1v) is 21.3. The number of aryl methyl sites for hydroxylation is 1. The number of nitrogens with one attached hydrogen (secondary N) is 2. The van der Waals surface area contributed by atoms with Gasteiger partial charge in [0.1, 0.15) is 32.1 Å². The van der Waals surface area contributed by atoms with Crippen LogP contribution in [0.1, 0.15) is 31.3 Å². The van der Waals surface area contributed by atoms with Gasteiger partial charge < -0.3 is 19.7 Å². The first kappa shape index (κ1) is 39.2. The van der Waals surface area contributed by atoms with Gasteiger partial charge in [-0.1, -0.05) is 39.0 Å². The summed E-state index contributed by atoms with van der Waals surface area (Å²) in [5, 5.41) is 4.22. The Hall–Kier alpha value is -4.51. The molecule has 286 valence electrons. The maximum absolute atomic E-state index is 14.4. The molecule has 5 aromatic rings. The second kappa shape index (κ2) is 16.1. The van der Waals surface area contributed by atoms with E-state index in [0.717, 1.165) is 59.4 Å². The zero-order valence-corrected chi connectivity index (χ0v) is 33.4. The third-order valence-corrected chi connectivity index (χ3v) is 12.5. The van der Waals surface area contributed by atoms with E-state index in [-0.39, 0.29) is 11.2 Å². The molecule has 0 radical (unpaired) electrons. The van der Waals surface area contributed by atoms with Gasteiger partial charge in [0.15, 0.2) is 11.0 Å². The van der Waals surface area contributed by atoms with Crippen LogP contribution in [-0.2, 0) is 26.2 Å². The number of rotatable bonds is 12. The minimum Gasteiger partial charge on any atom is -0.494 e. The largest absolute Gasteiger partial charge is 0.494 e. The van der Waals surface area contributed by atoms with Crippen molar-refractivity contribution < 1.29 is 26.1 Å². The molecule has 2 aromatic heterocycles. The van der Waals surface area contributed by atoms with Gasteiger partial charge in [-0.3, -0.25) is 4.90 Å². The fraction of sp³-hybridized carbons (Fsp3) is 0.342. The SMILES string of the molecule is COc1cc(N2CCN(CCS(C)(=O)=O)CC2)c(C)cc1Nc1nccc(-c2sc(C(C)(C)C)nc2-c2cccc(NS(=O)c3c(F)cccc3F)c2)n1. The second-order valence-electron chi connectivity index (χ2n) is 14.1. The van der Waals surface area contributed by atoms with Gasteiger partial charge >= 0.3 is 0 Å². The summed E-state index contributed by atoms with van der Waals surface area (Å²) in [5.74, 6) is -0.670. The van der Waals surface area contributed by atoms with Crippen LogP contribution in [0.4, 0.5) is 31.8 Å². The van der Waals surface area contributed by atoms with Crippen molar-refractivity contribution in [2.24, 2.45) is 0 Å². The van der Waals surface area contributed by atoms with Crippen LogP contribution in [-0.4, -0.2) is 84.3 Å². The van der Waals surface area contributed by atoms with Crippen molar-refractivity contribution in [3.05, 3.63) is 89.1 Å². The third-order valence-electron chi connectivity index (χ3n) is 8.86. The third kappa shape index (κ3) is 9.22. The molecular formula is C38H43F2N7O4S3. The molecular weight excluding hydrogens is 753 g/mol. The number of nitrogens with zero attached hydrogens (tertiary/aromatic N) is 5. The molecule has 0 saturated carbocycles. The van der Waals surface area contributed by atoms with Crippen LogP contribution in [0.25, 0.3) is 21.8 Å². The monoisotopic (exact) mass is 795 g/mol. The van der Waals surface area contributed by atoms with E-state index in [1.54, 1.807) is 31.5 Å². The maximum Gasteiger partial charge on any atom is 0.227 e. The molecule has 1 fully saturated rings. The lowest BCUT2D eigenvalue weighted by molar-refractivity contribution is 0.272. The Morgan fingerprint density at radius 2 is 1.69 bits per heavy atom. The molecule has 1 aliphatic rings. The van der Waals surface area contributed by atoms with Gasteiger partial charge in [0.2, 0.25) is 5.95 Å². The van der Waals surface area contributed by atoms with Gasteiger partial charge in [0.05, 0.1) is 39.8 Å². The average molecular weight is 796 g/mol. The van der Waals surface area contributed by atoms with Crippen molar-refractivity contribution in [1.29, 1.82) is 0 Å². The lowest BCUT2D eigenvalue weighted by Crippen LogP contribution is -2.47. The molecule has 6 rings (SSSR count). The molecule has 16 heteroatoms. The zero-order chi connectivity index (χ0) is 38.8. The highest BCUT2D eigenvalue weighted by Gasteiger charge is 2.26. The number of sulfone groups is 1. The van der Waals surface area contributed by atoms with Crippen LogP contribution in [0, 0.1) is 18.6 Å². The zero-order valence-electron chi connectivity index (χ0n) is 30.9. The molecule has 0 spiro atoms. The minimum absolute atomic E-state index is 0.154. The number of benzene rings is 3. The molecule has 11 nitrogen and oxygen atoms in total. The van der Waals surface area contributed by atoms with Crippen molar-refractivity contribution >= 4 is 55.2 Å². The van der Waals surface area contributed by atoms with Gasteiger partial charge in [-0.2, -0.15) is 0 Å². The van der Waals surface area contributed by atoms with E-state index in [1.165, 1.54) is 23.7 Å². The number of thiazole rings is 1. The quantitative estimate of drug-likeness (QED) is 0.134. The Labute approximate surface area is 321 Å². The molecule has 0 amide bonds. The van der Waals surface area contributed by atoms with Gasteiger partial charge in [0.25, 0.3) is 0 Å². The molecule has 1 saturated heterocycles. The van der Waals surface area contributed by atoms with Crippen LogP contribution in [0.5, 0.6) is 5.75 Å². The number of hydrogen-bond acceptors (Lipinski definition) is 11. The number of ether oxygens (including phenoxy) is 1. The fourth-order valence-corrected chi connectivity index (χ4v) is 8.65. The molecule has 3 aromatic carbocycles. The smallest absolute Gasteiger partial charge is 0.227 e. The molecule has 54 heavy (non-hydrogen) atoms. The first-order valence-electron chi connectivity index (χ1n) is 17.3. The average Bonchev–Trinajstić information content (AvgIpc) is 3.58. The Morgan fingerprint density at radius 1 is 0.981 bits per heavy atom. The lowest BCUT2D eigenvalue weighted by atomic mass is 9.98. The van der Waals surface area contributed by atoms with E-state index in [9.17, 15) is 21.4 Å².